The van der Waals surface area contributed by atoms with Crippen molar-refractivity contribution < 1.29 is 19.1 Å². The van der Waals surface area contributed by atoms with Gasteiger partial charge in [0, 0.05) is 15.9 Å². The van der Waals surface area contributed by atoms with Crippen LogP contribution in [0, 0.1) is 0 Å². The van der Waals surface area contributed by atoms with Gasteiger partial charge in [-0.1, -0.05) is 28.1 Å². The number of hydrogen-bond donors (Lipinski definition) is 0. The Hall–Kier alpha value is -2.86. The van der Waals surface area contributed by atoms with Gasteiger partial charge in [-0.15, -0.1) is 0 Å². The third kappa shape index (κ3) is 3.87. The largest absolute Gasteiger partial charge is 0.497 e. The highest BCUT2D eigenvalue weighted by atomic mass is 79.9. The summed E-state index contributed by atoms with van der Waals surface area (Å²) >= 11 is 3.40. The van der Waals surface area contributed by atoms with Crippen LogP contribution in [-0.4, -0.2) is 25.6 Å². The third-order valence-corrected chi connectivity index (χ3v) is 4.92. The first-order chi connectivity index (χ1) is 13.5. The Kier molecular flexibility index (Phi) is 5.99. The van der Waals surface area contributed by atoms with E-state index in [2.05, 4.69) is 15.9 Å². The number of amides is 1. The summed E-state index contributed by atoms with van der Waals surface area (Å²) in [4.78, 5) is 27.4. The molecule has 0 radical (unpaired) electrons. The van der Waals surface area contributed by atoms with Gasteiger partial charge >= 0.3 is 5.97 Å². The molecule has 0 bridgehead atoms. The molecule has 144 valence electrons. The number of carbonyl (C=O) groups is 2. The van der Waals surface area contributed by atoms with Crippen LogP contribution in [-0.2, 0) is 14.3 Å². The summed E-state index contributed by atoms with van der Waals surface area (Å²) in [5.41, 5.74) is 2.61. The maximum absolute atomic E-state index is 13.2. The van der Waals surface area contributed by atoms with E-state index in [1.165, 1.54) is 4.90 Å². The van der Waals surface area contributed by atoms with Crippen LogP contribution < -0.4 is 9.64 Å². The number of esters is 1. The molecule has 1 heterocycles. The monoisotopic (exact) mass is 441 g/mol. The molecule has 0 unspecified atom stereocenters. The maximum atomic E-state index is 13.2. The molecule has 2 aromatic rings. The quantitative estimate of drug-likeness (QED) is 0.497. The van der Waals surface area contributed by atoms with Crippen molar-refractivity contribution >= 4 is 39.6 Å². The number of allylic oxidation sites excluding steroid dienone is 1. The van der Waals surface area contributed by atoms with Crippen molar-refractivity contribution in [2.75, 3.05) is 18.6 Å². The van der Waals surface area contributed by atoms with Gasteiger partial charge in [0.1, 0.15) is 5.75 Å². The van der Waals surface area contributed by atoms with Gasteiger partial charge in [0.25, 0.3) is 5.91 Å². The van der Waals surface area contributed by atoms with Crippen LogP contribution >= 0.6 is 15.9 Å². The molecule has 0 saturated heterocycles. The zero-order valence-corrected chi connectivity index (χ0v) is 17.4. The normalized spacial score (nSPS) is 15.4. The van der Waals surface area contributed by atoms with E-state index in [1.807, 2.05) is 36.4 Å². The second kappa shape index (κ2) is 8.44. The van der Waals surface area contributed by atoms with E-state index in [1.54, 1.807) is 39.2 Å². The van der Waals surface area contributed by atoms with E-state index in [0.29, 0.717) is 22.7 Å². The molecule has 0 aromatic heterocycles. The Morgan fingerprint density at radius 2 is 1.75 bits per heavy atom. The second-order valence-electron chi connectivity index (χ2n) is 6.13. The number of hydrogen-bond acceptors (Lipinski definition) is 4. The Labute approximate surface area is 172 Å². The van der Waals surface area contributed by atoms with Gasteiger partial charge in [0.15, 0.2) is 0 Å². The fourth-order valence-electron chi connectivity index (χ4n) is 3.05. The van der Waals surface area contributed by atoms with Crippen molar-refractivity contribution in [2.45, 2.75) is 13.8 Å². The van der Waals surface area contributed by atoms with E-state index in [4.69, 9.17) is 9.47 Å². The van der Waals surface area contributed by atoms with Gasteiger partial charge in [-0.25, -0.2) is 4.79 Å². The fourth-order valence-corrected chi connectivity index (χ4v) is 3.31. The SMILES string of the molecule is CCOC(=O)C1=C(C)N(c2ccc(Br)cc2)C(=O)/C1=C\c1ccc(OC)cc1. The van der Waals surface area contributed by atoms with E-state index >= 15 is 0 Å². The van der Waals surface area contributed by atoms with Crippen molar-refractivity contribution in [3.63, 3.8) is 0 Å². The molecule has 6 heteroatoms. The summed E-state index contributed by atoms with van der Waals surface area (Å²) in [6.07, 6.45) is 1.70. The Morgan fingerprint density at radius 3 is 2.32 bits per heavy atom. The minimum absolute atomic E-state index is 0.234. The minimum Gasteiger partial charge on any atom is -0.497 e. The Balaban J connectivity index is 2.08. The summed E-state index contributed by atoms with van der Waals surface area (Å²) < 4.78 is 11.3. The number of methoxy groups -OCH3 is 1. The van der Waals surface area contributed by atoms with Crippen molar-refractivity contribution in [1.82, 2.24) is 0 Å². The Morgan fingerprint density at radius 1 is 1.11 bits per heavy atom. The van der Waals surface area contributed by atoms with Gasteiger partial charge in [0.2, 0.25) is 0 Å². The molecule has 0 fully saturated rings. The van der Waals surface area contributed by atoms with E-state index in [0.717, 1.165) is 10.0 Å². The van der Waals surface area contributed by atoms with Crippen LogP contribution in [0.1, 0.15) is 19.4 Å². The number of ether oxygens (including phenoxy) is 2. The fraction of sp³-hybridized carbons (Fsp3) is 0.182. The molecule has 28 heavy (non-hydrogen) atoms. The molecule has 2 aromatic carbocycles. The summed E-state index contributed by atoms with van der Waals surface area (Å²) in [5.74, 6) is -0.0554. The first-order valence-corrected chi connectivity index (χ1v) is 9.59. The number of rotatable bonds is 5. The topological polar surface area (TPSA) is 55.8 Å². The molecule has 0 N–H and O–H groups in total. The van der Waals surface area contributed by atoms with Gasteiger partial charge in [-0.3, -0.25) is 9.69 Å². The van der Waals surface area contributed by atoms with Crippen molar-refractivity contribution in [1.29, 1.82) is 0 Å². The molecule has 0 saturated carbocycles. The molecule has 1 amide bonds. The molecule has 0 atom stereocenters. The molecule has 3 rings (SSSR count). The number of carbonyl (C=O) groups excluding carboxylic acids is 2. The predicted octanol–water partition coefficient (Wildman–Crippen LogP) is 4.73. The molecular weight excluding hydrogens is 422 g/mol. The van der Waals surface area contributed by atoms with Crippen LogP contribution in [0.15, 0.2) is 69.8 Å². The third-order valence-electron chi connectivity index (χ3n) is 4.39. The molecule has 0 aliphatic carbocycles. The first-order valence-electron chi connectivity index (χ1n) is 8.80. The highest BCUT2D eigenvalue weighted by molar-refractivity contribution is 9.10. The Bertz CT molecular complexity index is 959. The molecule has 1 aliphatic heterocycles. The highest BCUT2D eigenvalue weighted by Crippen LogP contribution is 2.36. The van der Waals surface area contributed by atoms with E-state index in [-0.39, 0.29) is 18.1 Å². The average Bonchev–Trinajstić information content (AvgIpc) is 2.93. The minimum atomic E-state index is -0.507. The molecular formula is C22H20BrNO4. The van der Waals surface area contributed by atoms with Crippen LogP contribution in [0.2, 0.25) is 0 Å². The number of anilines is 1. The van der Waals surface area contributed by atoms with Crippen molar-refractivity contribution in [2.24, 2.45) is 0 Å². The van der Waals surface area contributed by atoms with Gasteiger partial charge < -0.3 is 9.47 Å². The maximum Gasteiger partial charge on any atom is 0.340 e. The molecule has 5 nitrogen and oxygen atoms in total. The van der Waals surface area contributed by atoms with E-state index < -0.39 is 5.97 Å². The van der Waals surface area contributed by atoms with Gasteiger partial charge in [0.05, 0.1) is 24.9 Å². The van der Waals surface area contributed by atoms with Crippen molar-refractivity contribution in [3.05, 3.63) is 75.4 Å². The summed E-state index contributed by atoms with van der Waals surface area (Å²) in [6.45, 7) is 3.73. The van der Waals surface area contributed by atoms with Crippen LogP contribution in [0.3, 0.4) is 0 Å². The van der Waals surface area contributed by atoms with Crippen LogP contribution in [0.25, 0.3) is 6.08 Å². The summed E-state index contributed by atoms with van der Waals surface area (Å²) in [5, 5.41) is 0. The summed E-state index contributed by atoms with van der Waals surface area (Å²) in [7, 11) is 1.59. The van der Waals surface area contributed by atoms with Crippen LogP contribution in [0.5, 0.6) is 5.75 Å². The first kappa shape index (κ1) is 19.9. The lowest BCUT2D eigenvalue weighted by Gasteiger charge is -2.18. The van der Waals surface area contributed by atoms with Gasteiger partial charge in [-0.05, 0) is 61.9 Å². The predicted molar refractivity (Wildman–Crippen MR) is 112 cm³/mol. The van der Waals surface area contributed by atoms with E-state index in [9.17, 15) is 9.59 Å². The van der Waals surface area contributed by atoms with Crippen molar-refractivity contribution in [3.8, 4) is 5.75 Å². The summed E-state index contributed by atoms with van der Waals surface area (Å²) in [6, 6.07) is 14.6. The number of halogens is 1. The smallest absolute Gasteiger partial charge is 0.340 e. The highest BCUT2D eigenvalue weighted by Gasteiger charge is 2.38. The molecule has 1 aliphatic rings. The lowest BCUT2D eigenvalue weighted by Crippen LogP contribution is -2.24. The number of nitrogens with zero attached hydrogens (tertiary/aromatic N) is 1. The standard InChI is InChI=1S/C22H20BrNO4/c1-4-28-22(26)20-14(2)24(17-9-7-16(23)8-10-17)21(25)19(20)13-15-5-11-18(27-3)12-6-15/h5-13H,4H2,1-3H3/b19-13-. The zero-order valence-electron chi connectivity index (χ0n) is 15.9. The second-order valence-corrected chi connectivity index (χ2v) is 7.04. The molecule has 0 spiro atoms. The average molecular weight is 442 g/mol. The van der Waals surface area contributed by atoms with Crippen LogP contribution in [0.4, 0.5) is 5.69 Å². The van der Waals surface area contributed by atoms with Gasteiger partial charge in [-0.2, -0.15) is 0 Å². The number of benzene rings is 2. The lowest BCUT2D eigenvalue weighted by atomic mass is 10.0. The lowest BCUT2D eigenvalue weighted by molar-refractivity contribution is -0.138. The zero-order chi connectivity index (χ0) is 20.3.